The van der Waals surface area contributed by atoms with Crippen LogP contribution in [-0.2, 0) is 0 Å². The number of amides is 1. The third-order valence-corrected chi connectivity index (χ3v) is 3.47. The first-order chi connectivity index (χ1) is 11.6. The molecule has 0 saturated heterocycles. The Hall–Kier alpha value is -2.92. The summed E-state index contributed by atoms with van der Waals surface area (Å²) in [7, 11) is 0. The number of rotatable bonds is 4. The van der Waals surface area contributed by atoms with Crippen molar-refractivity contribution in [2.45, 2.75) is 0 Å². The molecule has 0 spiro atoms. The Morgan fingerprint density at radius 2 is 1.83 bits per heavy atom. The molecule has 0 unspecified atom stereocenters. The van der Waals surface area contributed by atoms with Gasteiger partial charge in [0.05, 0.1) is 23.1 Å². The zero-order valence-electron chi connectivity index (χ0n) is 12.5. The minimum absolute atomic E-state index is 0.121. The molecule has 3 rings (SSSR count). The number of carbonyl (C=O) groups excluding carboxylic acids is 1. The highest BCUT2D eigenvalue weighted by Gasteiger charge is 2.10. The summed E-state index contributed by atoms with van der Waals surface area (Å²) >= 11 is 5.94. The number of hydrogen-bond donors (Lipinski definition) is 2. The molecule has 2 N–H and O–H groups in total. The van der Waals surface area contributed by atoms with Crippen LogP contribution in [0.1, 0.15) is 10.4 Å². The van der Waals surface area contributed by atoms with Gasteiger partial charge in [-0.05, 0) is 36.4 Å². The fourth-order valence-electron chi connectivity index (χ4n) is 2.12. The number of hydrogen-bond acceptors (Lipinski definition) is 3. The highest BCUT2D eigenvalue weighted by Crippen LogP contribution is 2.21. The SMILES string of the molecule is O=C(Nc1ccccc1F)c1cncc(Nc2cccc(Cl)c2)c1. The first kappa shape index (κ1) is 16.0. The monoisotopic (exact) mass is 341 g/mol. The Morgan fingerprint density at radius 1 is 1.00 bits per heavy atom. The predicted octanol–water partition coefficient (Wildman–Crippen LogP) is 4.87. The minimum atomic E-state index is -0.494. The summed E-state index contributed by atoms with van der Waals surface area (Å²) in [5.41, 5.74) is 1.83. The van der Waals surface area contributed by atoms with Crippen LogP contribution in [0, 0.1) is 5.82 Å². The van der Waals surface area contributed by atoms with E-state index in [1.165, 1.54) is 18.3 Å². The third kappa shape index (κ3) is 3.88. The molecule has 0 fully saturated rings. The van der Waals surface area contributed by atoms with Crippen LogP contribution in [0.3, 0.4) is 0 Å². The number of nitrogens with one attached hydrogen (secondary N) is 2. The van der Waals surface area contributed by atoms with Crippen LogP contribution in [0.4, 0.5) is 21.5 Å². The summed E-state index contributed by atoms with van der Waals surface area (Å²) in [5, 5.41) is 6.24. The van der Waals surface area contributed by atoms with Crippen molar-refractivity contribution in [3.05, 3.63) is 83.4 Å². The first-order valence-corrected chi connectivity index (χ1v) is 7.53. The number of nitrogens with zero attached hydrogens (tertiary/aromatic N) is 1. The molecule has 24 heavy (non-hydrogen) atoms. The van der Waals surface area contributed by atoms with E-state index in [1.807, 2.05) is 12.1 Å². The quantitative estimate of drug-likeness (QED) is 0.711. The number of halogens is 2. The number of para-hydroxylation sites is 1. The highest BCUT2D eigenvalue weighted by molar-refractivity contribution is 6.30. The summed E-state index contributed by atoms with van der Waals surface area (Å²) in [4.78, 5) is 16.3. The fourth-order valence-corrected chi connectivity index (χ4v) is 2.31. The summed E-state index contributed by atoms with van der Waals surface area (Å²) in [6.45, 7) is 0. The van der Waals surface area contributed by atoms with Crippen LogP contribution in [0.15, 0.2) is 67.0 Å². The molecule has 1 aromatic heterocycles. The maximum Gasteiger partial charge on any atom is 0.257 e. The van der Waals surface area contributed by atoms with Crippen molar-refractivity contribution in [3.8, 4) is 0 Å². The third-order valence-electron chi connectivity index (χ3n) is 3.24. The number of carbonyl (C=O) groups is 1. The second-order valence-electron chi connectivity index (χ2n) is 5.03. The lowest BCUT2D eigenvalue weighted by Crippen LogP contribution is -2.13. The molecule has 4 nitrogen and oxygen atoms in total. The van der Waals surface area contributed by atoms with Crippen LogP contribution in [0.2, 0.25) is 5.02 Å². The van der Waals surface area contributed by atoms with E-state index in [4.69, 9.17) is 11.6 Å². The van der Waals surface area contributed by atoms with Crippen molar-refractivity contribution in [2.24, 2.45) is 0 Å². The van der Waals surface area contributed by atoms with E-state index in [1.54, 1.807) is 36.5 Å². The smallest absolute Gasteiger partial charge is 0.257 e. The molecule has 3 aromatic rings. The largest absolute Gasteiger partial charge is 0.354 e. The van der Waals surface area contributed by atoms with Crippen molar-refractivity contribution in [3.63, 3.8) is 0 Å². The van der Waals surface area contributed by atoms with Gasteiger partial charge in [-0.15, -0.1) is 0 Å². The summed E-state index contributed by atoms with van der Waals surface area (Å²) in [5.74, 6) is -0.936. The van der Waals surface area contributed by atoms with Crippen molar-refractivity contribution in [1.82, 2.24) is 4.98 Å². The van der Waals surface area contributed by atoms with Gasteiger partial charge in [-0.1, -0.05) is 29.8 Å². The zero-order chi connectivity index (χ0) is 16.9. The molecular formula is C18H13ClFN3O. The van der Waals surface area contributed by atoms with Crippen molar-refractivity contribution < 1.29 is 9.18 Å². The molecule has 0 saturated carbocycles. The number of benzene rings is 2. The average Bonchev–Trinajstić information content (AvgIpc) is 2.57. The van der Waals surface area contributed by atoms with Gasteiger partial charge in [-0.3, -0.25) is 9.78 Å². The van der Waals surface area contributed by atoms with Gasteiger partial charge in [0, 0.05) is 16.9 Å². The van der Waals surface area contributed by atoms with Crippen LogP contribution in [0.5, 0.6) is 0 Å². The van der Waals surface area contributed by atoms with E-state index < -0.39 is 11.7 Å². The number of anilines is 3. The van der Waals surface area contributed by atoms with E-state index in [0.29, 0.717) is 16.3 Å². The Bertz CT molecular complexity index is 885. The second kappa shape index (κ2) is 7.10. The summed E-state index contributed by atoms with van der Waals surface area (Å²) < 4.78 is 13.6. The molecule has 1 amide bonds. The molecule has 1 heterocycles. The van der Waals surface area contributed by atoms with E-state index in [0.717, 1.165) is 5.69 Å². The molecule has 0 bridgehead atoms. The zero-order valence-corrected chi connectivity index (χ0v) is 13.2. The van der Waals surface area contributed by atoms with Crippen LogP contribution >= 0.6 is 11.6 Å². The molecule has 120 valence electrons. The second-order valence-corrected chi connectivity index (χ2v) is 5.47. The lowest BCUT2D eigenvalue weighted by Gasteiger charge is -2.09. The van der Waals surface area contributed by atoms with E-state index in [9.17, 15) is 9.18 Å². The standard InChI is InChI=1S/C18H13ClFN3O/c19-13-4-3-5-14(9-13)22-15-8-12(10-21-11-15)18(24)23-17-7-2-1-6-16(17)20/h1-11,22H,(H,23,24). The first-order valence-electron chi connectivity index (χ1n) is 7.15. The molecule has 0 aliphatic rings. The molecule has 0 radical (unpaired) electrons. The Kier molecular flexibility index (Phi) is 4.72. The lowest BCUT2D eigenvalue weighted by molar-refractivity contribution is 0.102. The summed E-state index contributed by atoms with van der Waals surface area (Å²) in [6, 6.07) is 14.8. The van der Waals surface area contributed by atoms with Gasteiger partial charge < -0.3 is 10.6 Å². The van der Waals surface area contributed by atoms with Crippen LogP contribution < -0.4 is 10.6 Å². The van der Waals surface area contributed by atoms with Crippen molar-refractivity contribution in [2.75, 3.05) is 10.6 Å². The van der Waals surface area contributed by atoms with Gasteiger partial charge in [0.1, 0.15) is 5.82 Å². The Balaban J connectivity index is 1.77. The van der Waals surface area contributed by atoms with E-state index in [-0.39, 0.29) is 5.69 Å². The number of pyridine rings is 1. The van der Waals surface area contributed by atoms with E-state index in [2.05, 4.69) is 15.6 Å². The van der Waals surface area contributed by atoms with Gasteiger partial charge in [-0.2, -0.15) is 0 Å². The normalized spacial score (nSPS) is 10.2. The highest BCUT2D eigenvalue weighted by atomic mass is 35.5. The Labute approximate surface area is 143 Å². The minimum Gasteiger partial charge on any atom is -0.354 e. The predicted molar refractivity (Wildman–Crippen MR) is 93.3 cm³/mol. The van der Waals surface area contributed by atoms with Gasteiger partial charge in [-0.25, -0.2) is 4.39 Å². The lowest BCUT2D eigenvalue weighted by atomic mass is 10.2. The van der Waals surface area contributed by atoms with Gasteiger partial charge in [0.25, 0.3) is 5.91 Å². The van der Waals surface area contributed by atoms with E-state index >= 15 is 0 Å². The Morgan fingerprint density at radius 3 is 2.62 bits per heavy atom. The molecule has 0 atom stereocenters. The van der Waals surface area contributed by atoms with Crippen molar-refractivity contribution in [1.29, 1.82) is 0 Å². The van der Waals surface area contributed by atoms with Gasteiger partial charge in [0.2, 0.25) is 0 Å². The van der Waals surface area contributed by atoms with Crippen LogP contribution in [-0.4, -0.2) is 10.9 Å². The molecule has 0 aliphatic carbocycles. The molecular weight excluding hydrogens is 329 g/mol. The molecule has 2 aromatic carbocycles. The van der Waals surface area contributed by atoms with Crippen molar-refractivity contribution >= 4 is 34.6 Å². The number of aromatic nitrogens is 1. The summed E-state index contributed by atoms with van der Waals surface area (Å²) in [6.07, 6.45) is 3.00. The molecule has 0 aliphatic heterocycles. The maximum absolute atomic E-state index is 13.6. The van der Waals surface area contributed by atoms with Gasteiger partial charge >= 0.3 is 0 Å². The fraction of sp³-hybridized carbons (Fsp3) is 0. The maximum atomic E-state index is 13.6. The average molecular weight is 342 g/mol. The van der Waals surface area contributed by atoms with Gasteiger partial charge in [0.15, 0.2) is 0 Å². The van der Waals surface area contributed by atoms with Crippen LogP contribution in [0.25, 0.3) is 0 Å². The molecule has 6 heteroatoms. The topological polar surface area (TPSA) is 54.0 Å².